The van der Waals surface area contributed by atoms with E-state index in [1.165, 1.54) is 0 Å². The van der Waals surface area contributed by atoms with Crippen molar-refractivity contribution in [3.63, 3.8) is 0 Å². The molecule has 3 rings (SSSR count). The Labute approximate surface area is 117 Å². The predicted molar refractivity (Wildman–Crippen MR) is 80.4 cm³/mol. The summed E-state index contributed by atoms with van der Waals surface area (Å²) in [6.07, 6.45) is 0. The summed E-state index contributed by atoms with van der Waals surface area (Å²) in [5.41, 5.74) is 1.05. The maximum absolute atomic E-state index is 12.2. The van der Waals surface area contributed by atoms with Crippen molar-refractivity contribution in [1.29, 1.82) is 0 Å². The predicted octanol–water partition coefficient (Wildman–Crippen LogP) is 0.607. The van der Waals surface area contributed by atoms with Gasteiger partial charge in [0.2, 0.25) is 0 Å². The highest BCUT2D eigenvalue weighted by molar-refractivity contribution is 5.86. The van der Waals surface area contributed by atoms with Gasteiger partial charge in [-0.25, -0.2) is 0 Å². The number of benzene rings is 1. The summed E-state index contributed by atoms with van der Waals surface area (Å²) in [7, 11) is 0. The molecule has 1 atom stereocenters. The van der Waals surface area contributed by atoms with Gasteiger partial charge in [0.25, 0.3) is 5.56 Å². The number of aliphatic hydroxyl groups excluding tert-OH is 1. The van der Waals surface area contributed by atoms with Gasteiger partial charge in [-0.2, -0.15) is 0 Å². The van der Waals surface area contributed by atoms with Gasteiger partial charge in [0.15, 0.2) is 0 Å². The van der Waals surface area contributed by atoms with Crippen LogP contribution >= 0.6 is 0 Å². The van der Waals surface area contributed by atoms with Crippen LogP contribution < -0.4 is 15.8 Å². The van der Waals surface area contributed by atoms with E-state index in [1.54, 1.807) is 0 Å². The average molecular weight is 273 g/mol. The van der Waals surface area contributed by atoms with Crippen molar-refractivity contribution >= 4 is 16.6 Å². The SMILES string of the molecule is Cc1cccc2c(=O)[nH]c(N3CCNC(CO)C3)cc12. The van der Waals surface area contributed by atoms with Gasteiger partial charge >= 0.3 is 0 Å². The Balaban J connectivity index is 2.04. The number of rotatable bonds is 2. The van der Waals surface area contributed by atoms with Gasteiger partial charge in [-0.1, -0.05) is 12.1 Å². The quantitative estimate of drug-likeness (QED) is 0.750. The molecule has 1 fully saturated rings. The summed E-state index contributed by atoms with van der Waals surface area (Å²) in [5, 5.41) is 14.2. The molecule has 1 aliphatic heterocycles. The molecule has 2 aromatic rings. The van der Waals surface area contributed by atoms with E-state index in [1.807, 2.05) is 31.2 Å². The van der Waals surface area contributed by atoms with E-state index in [4.69, 9.17) is 0 Å². The molecule has 1 saturated heterocycles. The number of fused-ring (bicyclic) bond motifs is 1. The largest absolute Gasteiger partial charge is 0.395 e. The van der Waals surface area contributed by atoms with E-state index in [0.29, 0.717) is 6.54 Å². The van der Waals surface area contributed by atoms with Crippen molar-refractivity contribution in [3.05, 3.63) is 40.2 Å². The Morgan fingerprint density at radius 2 is 2.25 bits per heavy atom. The van der Waals surface area contributed by atoms with Crippen molar-refractivity contribution in [1.82, 2.24) is 10.3 Å². The van der Waals surface area contributed by atoms with Crippen molar-refractivity contribution in [2.24, 2.45) is 0 Å². The van der Waals surface area contributed by atoms with E-state index in [-0.39, 0.29) is 18.2 Å². The number of pyridine rings is 1. The first kappa shape index (κ1) is 13.1. The highest BCUT2D eigenvalue weighted by Gasteiger charge is 2.20. The molecular weight excluding hydrogens is 254 g/mol. The molecule has 106 valence electrons. The van der Waals surface area contributed by atoms with Crippen LogP contribution in [0.1, 0.15) is 5.56 Å². The minimum absolute atomic E-state index is 0.0553. The first-order chi connectivity index (χ1) is 9.69. The number of nitrogens with zero attached hydrogens (tertiary/aromatic N) is 1. The van der Waals surface area contributed by atoms with Crippen molar-refractivity contribution < 1.29 is 5.11 Å². The molecule has 1 aromatic carbocycles. The number of aromatic amines is 1. The summed E-state index contributed by atoms with van der Waals surface area (Å²) in [4.78, 5) is 17.3. The Morgan fingerprint density at radius 3 is 3.05 bits per heavy atom. The lowest BCUT2D eigenvalue weighted by Crippen LogP contribution is -2.52. The smallest absolute Gasteiger partial charge is 0.257 e. The Bertz CT molecular complexity index is 680. The number of anilines is 1. The van der Waals surface area contributed by atoms with Gasteiger partial charge in [-0.3, -0.25) is 4.79 Å². The lowest BCUT2D eigenvalue weighted by molar-refractivity contribution is 0.235. The van der Waals surface area contributed by atoms with E-state index >= 15 is 0 Å². The zero-order valence-corrected chi connectivity index (χ0v) is 11.5. The lowest BCUT2D eigenvalue weighted by Gasteiger charge is -2.34. The molecule has 3 N–H and O–H groups in total. The van der Waals surface area contributed by atoms with E-state index in [9.17, 15) is 9.90 Å². The summed E-state index contributed by atoms with van der Waals surface area (Å²) in [5.74, 6) is 0.830. The second kappa shape index (κ2) is 5.26. The van der Waals surface area contributed by atoms with Crippen LogP contribution in [-0.4, -0.2) is 42.4 Å². The number of hydrogen-bond acceptors (Lipinski definition) is 4. The number of aliphatic hydroxyl groups is 1. The molecule has 1 unspecified atom stereocenters. The summed E-state index contributed by atoms with van der Waals surface area (Å²) in [6, 6.07) is 7.85. The molecular formula is C15H19N3O2. The summed E-state index contributed by atoms with van der Waals surface area (Å²) >= 11 is 0. The maximum atomic E-state index is 12.2. The fraction of sp³-hybridized carbons (Fsp3) is 0.400. The van der Waals surface area contributed by atoms with Crippen LogP contribution in [0.2, 0.25) is 0 Å². The number of H-pyrrole nitrogens is 1. The number of piperazine rings is 1. The van der Waals surface area contributed by atoms with Gasteiger partial charge in [0, 0.05) is 31.1 Å². The van der Waals surface area contributed by atoms with Crippen LogP contribution in [0.15, 0.2) is 29.1 Å². The van der Waals surface area contributed by atoms with Crippen molar-refractivity contribution in [2.75, 3.05) is 31.1 Å². The minimum Gasteiger partial charge on any atom is -0.395 e. The maximum Gasteiger partial charge on any atom is 0.257 e. The summed E-state index contributed by atoms with van der Waals surface area (Å²) < 4.78 is 0. The fourth-order valence-electron chi connectivity index (χ4n) is 2.76. The highest BCUT2D eigenvalue weighted by atomic mass is 16.3. The first-order valence-electron chi connectivity index (χ1n) is 6.91. The minimum atomic E-state index is -0.0553. The second-order valence-electron chi connectivity index (χ2n) is 5.30. The molecule has 0 spiro atoms. The molecule has 2 heterocycles. The van der Waals surface area contributed by atoms with Gasteiger partial charge in [0.1, 0.15) is 5.82 Å². The molecule has 20 heavy (non-hydrogen) atoms. The average Bonchev–Trinajstić information content (AvgIpc) is 2.48. The molecule has 1 aliphatic rings. The normalized spacial score (nSPS) is 19.5. The van der Waals surface area contributed by atoms with Crippen LogP contribution in [0.3, 0.4) is 0 Å². The molecule has 0 bridgehead atoms. The molecule has 1 aromatic heterocycles. The van der Waals surface area contributed by atoms with E-state index in [2.05, 4.69) is 15.2 Å². The van der Waals surface area contributed by atoms with Crippen LogP contribution in [0.5, 0.6) is 0 Å². The third-order valence-corrected chi connectivity index (χ3v) is 3.91. The Hall–Kier alpha value is -1.85. The third-order valence-electron chi connectivity index (χ3n) is 3.91. The fourth-order valence-corrected chi connectivity index (χ4v) is 2.76. The zero-order valence-electron chi connectivity index (χ0n) is 11.5. The van der Waals surface area contributed by atoms with Crippen molar-refractivity contribution in [2.45, 2.75) is 13.0 Å². The van der Waals surface area contributed by atoms with Crippen LogP contribution in [0, 0.1) is 6.92 Å². The number of hydrogen-bond donors (Lipinski definition) is 3. The zero-order chi connectivity index (χ0) is 14.1. The topological polar surface area (TPSA) is 68.4 Å². The van der Waals surface area contributed by atoms with E-state index in [0.717, 1.165) is 35.2 Å². The third kappa shape index (κ3) is 2.30. The second-order valence-corrected chi connectivity index (χ2v) is 5.30. The molecule has 0 saturated carbocycles. The number of nitrogens with one attached hydrogen (secondary N) is 2. The first-order valence-corrected chi connectivity index (χ1v) is 6.91. The summed E-state index contributed by atoms with van der Waals surface area (Å²) in [6.45, 7) is 4.44. The number of aryl methyl sites for hydroxylation is 1. The molecule has 0 amide bonds. The Morgan fingerprint density at radius 1 is 1.40 bits per heavy atom. The molecule has 5 nitrogen and oxygen atoms in total. The van der Waals surface area contributed by atoms with E-state index < -0.39 is 0 Å². The number of aromatic nitrogens is 1. The lowest BCUT2D eigenvalue weighted by atomic mass is 10.1. The van der Waals surface area contributed by atoms with Crippen LogP contribution in [-0.2, 0) is 0 Å². The standard InChI is InChI=1S/C15H19N3O2/c1-10-3-2-4-12-13(10)7-14(17-15(12)20)18-6-5-16-11(8-18)9-19/h2-4,7,11,16,19H,5-6,8-9H2,1H3,(H,17,20). The van der Waals surface area contributed by atoms with Crippen molar-refractivity contribution in [3.8, 4) is 0 Å². The monoisotopic (exact) mass is 273 g/mol. The molecule has 0 radical (unpaired) electrons. The molecule has 0 aliphatic carbocycles. The van der Waals surface area contributed by atoms with Crippen LogP contribution in [0.25, 0.3) is 10.8 Å². The van der Waals surface area contributed by atoms with Gasteiger partial charge in [-0.05, 0) is 30.0 Å². The van der Waals surface area contributed by atoms with Gasteiger partial charge in [-0.15, -0.1) is 0 Å². The Kier molecular flexibility index (Phi) is 3.46. The van der Waals surface area contributed by atoms with Crippen LogP contribution in [0.4, 0.5) is 5.82 Å². The van der Waals surface area contributed by atoms with Gasteiger partial charge < -0.3 is 20.3 Å². The van der Waals surface area contributed by atoms with Gasteiger partial charge in [0.05, 0.1) is 6.61 Å². The molecule has 5 heteroatoms. The highest BCUT2D eigenvalue weighted by Crippen LogP contribution is 2.20.